The molecule has 0 unspecified atom stereocenters. The number of fused-ring (bicyclic) bond motifs is 1. The number of ether oxygens (including phenoxy) is 1. The van der Waals surface area contributed by atoms with Crippen LogP contribution in [0, 0.1) is 13.8 Å². The van der Waals surface area contributed by atoms with Crippen molar-refractivity contribution in [2.24, 2.45) is 0 Å². The van der Waals surface area contributed by atoms with E-state index in [1.165, 1.54) is 18.9 Å². The van der Waals surface area contributed by atoms with Crippen LogP contribution in [0.3, 0.4) is 0 Å². The van der Waals surface area contributed by atoms with Crippen molar-refractivity contribution in [1.82, 2.24) is 19.6 Å². The quantitative estimate of drug-likeness (QED) is 0.532. The molecule has 0 radical (unpaired) electrons. The number of aromatic nitrogens is 4. The summed E-state index contributed by atoms with van der Waals surface area (Å²) in [5.74, 6) is -0.0776. The number of anilines is 1. The van der Waals surface area contributed by atoms with Crippen molar-refractivity contribution in [3.63, 3.8) is 0 Å². The van der Waals surface area contributed by atoms with Crippen molar-refractivity contribution in [3.05, 3.63) is 46.8 Å². The lowest BCUT2D eigenvalue weighted by molar-refractivity contribution is -0.115. The highest BCUT2D eigenvalue weighted by Gasteiger charge is 2.16. The fourth-order valence-electron chi connectivity index (χ4n) is 2.71. The van der Waals surface area contributed by atoms with Crippen molar-refractivity contribution in [2.45, 2.75) is 25.4 Å². The van der Waals surface area contributed by atoms with Crippen LogP contribution < -0.4 is 5.32 Å². The van der Waals surface area contributed by atoms with Crippen LogP contribution in [0.25, 0.3) is 5.78 Å². The van der Waals surface area contributed by atoms with Crippen molar-refractivity contribution >= 4 is 35.1 Å². The molecular formula is C18H19N5O3S. The van der Waals surface area contributed by atoms with Crippen molar-refractivity contribution in [1.29, 1.82) is 0 Å². The summed E-state index contributed by atoms with van der Waals surface area (Å²) in [6.07, 6.45) is 2.06. The fourth-order valence-corrected chi connectivity index (χ4v) is 3.04. The average molecular weight is 385 g/mol. The van der Waals surface area contributed by atoms with Gasteiger partial charge in [-0.25, -0.2) is 14.3 Å². The van der Waals surface area contributed by atoms with E-state index in [9.17, 15) is 9.59 Å². The van der Waals surface area contributed by atoms with Gasteiger partial charge in [0.2, 0.25) is 11.1 Å². The first-order valence-electron chi connectivity index (χ1n) is 8.18. The summed E-state index contributed by atoms with van der Waals surface area (Å²) in [6, 6.07) is 6.52. The summed E-state index contributed by atoms with van der Waals surface area (Å²) >= 11 is 1.44. The first-order valence-corrected chi connectivity index (χ1v) is 9.40. The first kappa shape index (κ1) is 18.8. The zero-order valence-corrected chi connectivity index (χ0v) is 16.3. The number of carbonyl (C=O) groups is 2. The van der Waals surface area contributed by atoms with Gasteiger partial charge in [0.1, 0.15) is 0 Å². The monoisotopic (exact) mass is 385 g/mol. The van der Waals surface area contributed by atoms with Crippen molar-refractivity contribution in [2.75, 3.05) is 18.7 Å². The normalized spacial score (nSPS) is 10.8. The average Bonchev–Trinajstić information content (AvgIpc) is 3.08. The molecule has 27 heavy (non-hydrogen) atoms. The number of hydrogen-bond donors (Lipinski definition) is 1. The van der Waals surface area contributed by atoms with Gasteiger partial charge in [-0.05, 0) is 44.4 Å². The molecule has 2 aromatic heterocycles. The molecule has 0 saturated carbocycles. The number of aryl methyl sites for hydroxylation is 2. The molecule has 2 heterocycles. The molecule has 1 N–H and O–H groups in total. The Kier molecular flexibility index (Phi) is 5.41. The zero-order valence-electron chi connectivity index (χ0n) is 15.4. The lowest BCUT2D eigenvalue weighted by Crippen LogP contribution is -2.18. The molecule has 1 amide bonds. The lowest BCUT2D eigenvalue weighted by atomic mass is 10.1. The number of methoxy groups -OCH3 is 1. The molecule has 0 atom stereocenters. The predicted molar refractivity (Wildman–Crippen MR) is 102 cm³/mol. The van der Waals surface area contributed by atoms with Crippen molar-refractivity contribution in [3.8, 4) is 0 Å². The maximum atomic E-state index is 12.5. The number of amides is 1. The molecule has 8 nitrogen and oxygen atoms in total. The molecule has 0 saturated heterocycles. The zero-order chi connectivity index (χ0) is 19.6. The Hall–Kier alpha value is -2.94. The van der Waals surface area contributed by atoms with Gasteiger partial charge in [-0.3, -0.25) is 4.79 Å². The maximum absolute atomic E-state index is 12.5. The summed E-state index contributed by atoms with van der Waals surface area (Å²) in [5.41, 5.74) is 3.41. The van der Waals surface area contributed by atoms with Gasteiger partial charge in [0, 0.05) is 22.6 Å². The number of benzene rings is 1. The Balaban J connectivity index is 1.78. The molecule has 3 rings (SSSR count). The minimum absolute atomic E-state index is 0.161. The molecule has 0 bridgehead atoms. The van der Waals surface area contributed by atoms with Crippen molar-refractivity contribution < 1.29 is 14.3 Å². The molecule has 0 aliphatic heterocycles. The molecule has 0 aliphatic rings. The molecule has 0 fully saturated rings. The minimum atomic E-state index is -0.420. The van der Waals surface area contributed by atoms with Crippen LogP contribution in [0.15, 0.2) is 29.4 Å². The van der Waals surface area contributed by atoms with Crippen LogP contribution in [0.1, 0.15) is 27.3 Å². The van der Waals surface area contributed by atoms with E-state index < -0.39 is 5.97 Å². The number of carbonyl (C=O) groups excluding carboxylic acids is 2. The second-order valence-corrected chi connectivity index (χ2v) is 6.64. The molecule has 0 aliphatic carbocycles. The summed E-state index contributed by atoms with van der Waals surface area (Å²) < 4.78 is 6.32. The SMILES string of the molecule is COC(=O)c1ccc(NC(=O)Cc2c(C)nc3nc(SC)nn3c2C)cc1. The summed E-state index contributed by atoms with van der Waals surface area (Å²) in [4.78, 5) is 32.7. The Morgan fingerprint density at radius 3 is 2.52 bits per heavy atom. The van der Waals surface area contributed by atoms with Crippen LogP contribution in [-0.2, 0) is 16.0 Å². The second-order valence-electron chi connectivity index (χ2n) is 5.87. The smallest absolute Gasteiger partial charge is 0.337 e. The number of rotatable bonds is 5. The molecule has 3 aromatic rings. The highest BCUT2D eigenvalue weighted by atomic mass is 32.2. The number of hydrogen-bond acceptors (Lipinski definition) is 7. The van der Waals surface area contributed by atoms with Crippen LogP contribution in [0.4, 0.5) is 5.69 Å². The highest BCUT2D eigenvalue weighted by molar-refractivity contribution is 7.98. The van der Waals surface area contributed by atoms with Gasteiger partial charge in [0.25, 0.3) is 5.78 Å². The number of nitrogens with zero attached hydrogens (tertiary/aromatic N) is 4. The first-order chi connectivity index (χ1) is 12.9. The minimum Gasteiger partial charge on any atom is -0.465 e. The van der Waals surface area contributed by atoms with Gasteiger partial charge in [0.15, 0.2) is 0 Å². The van der Waals surface area contributed by atoms with Gasteiger partial charge in [-0.1, -0.05) is 11.8 Å². The topological polar surface area (TPSA) is 98.5 Å². The van der Waals surface area contributed by atoms with Crippen LogP contribution in [-0.4, -0.2) is 44.8 Å². The third kappa shape index (κ3) is 3.92. The summed E-state index contributed by atoms with van der Waals surface area (Å²) in [6.45, 7) is 3.75. The third-order valence-electron chi connectivity index (χ3n) is 4.14. The largest absolute Gasteiger partial charge is 0.465 e. The third-order valence-corrected chi connectivity index (χ3v) is 4.68. The van der Waals surface area contributed by atoms with Gasteiger partial charge >= 0.3 is 5.97 Å². The summed E-state index contributed by atoms with van der Waals surface area (Å²) in [7, 11) is 1.32. The van der Waals surface area contributed by atoms with Gasteiger partial charge in [0.05, 0.1) is 19.1 Å². The molecule has 0 spiro atoms. The van der Waals surface area contributed by atoms with Crippen LogP contribution in [0.5, 0.6) is 0 Å². The Morgan fingerprint density at radius 2 is 1.89 bits per heavy atom. The van der Waals surface area contributed by atoms with Gasteiger partial charge in [-0.15, -0.1) is 5.10 Å². The van der Waals surface area contributed by atoms with E-state index in [1.807, 2.05) is 20.1 Å². The van der Waals surface area contributed by atoms with E-state index in [0.29, 0.717) is 22.2 Å². The Bertz CT molecular complexity index is 1010. The number of thioether (sulfide) groups is 1. The van der Waals surface area contributed by atoms with Crippen LogP contribution in [0.2, 0.25) is 0 Å². The van der Waals surface area contributed by atoms with Crippen LogP contribution >= 0.6 is 11.8 Å². The maximum Gasteiger partial charge on any atom is 0.337 e. The molecule has 140 valence electrons. The van der Waals surface area contributed by atoms with E-state index in [1.54, 1.807) is 28.8 Å². The van der Waals surface area contributed by atoms with E-state index in [4.69, 9.17) is 0 Å². The number of nitrogens with one attached hydrogen (secondary N) is 1. The predicted octanol–water partition coefficient (Wildman–Crippen LogP) is 2.43. The summed E-state index contributed by atoms with van der Waals surface area (Å²) in [5, 5.41) is 7.85. The fraction of sp³-hybridized carbons (Fsp3) is 0.278. The van der Waals surface area contributed by atoms with Gasteiger partial charge < -0.3 is 10.1 Å². The second kappa shape index (κ2) is 7.75. The Labute approximate surface area is 160 Å². The van der Waals surface area contributed by atoms with E-state index >= 15 is 0 Å². The van der Waals surface area contributed by atoms with E-state index in [2.05, 4.69) is 25.1 Å². The van der Waals surface area contributed by atoms with E-state index in [-0.39, 0.29) is 12.3 Å². The lowest BCUT2D eigenvalue weighted by Gasteiger charge is -2.11. The Morgan fingerprint density at radius 1 is 1.19 bits per heavy atom. The number of esters is 1. The van der Waals surface area contributed by atoms with E-state index in [0.717, 1.165) is 17.0 Å². The molecule has 9 heteroatoms. The standard InChI is InChI=1S/C18H19N5O3S/c1-10-14(11(2)23-17(19-10)21-18(22-23)27-4)9-15(24)20-13-7-5-12(6-8-13)16(25)26-3/h5-8H,9H2,1-4H3,(H,20,24). The highest BCUT2D eigenvalue weighted by Crippen LogP contribution is 2.18. The molecule has 1 aromatic carbocycles. The molecular weight excluding hydrogens is 366 g/mol. The van der Waals surface area contributed by atoms with Gasteiger partial charge in [-0.2, -0.15) is 4.98 Å².